The zero-order chi connectivity index (χ0) is 24.9. The number of carbonyl (C=O) groups excluding carboxylic acids is 1. The molecule has 2 atom stereocenters. The van der Waals surface area contributed by atoms with Crippen molar-refractivity contribution in [3.05, 3.63) is 51.9 Å². The molecule has 1 aliphatic heterocycles. The summed E-state index contributed by atoms with van der Waals surface area (Å²) in [5, 5.41) is 0. The number of alkyl halides is 5. The largest absolute Gasteiger partial charge is 0.491 e. The average molecular weight is 492 g/mol. The number of aromatic amines is 1. The first kappa shape index (κ1) is 25.6. The number of hydrogen-bond donors (Lipinski definition) is 2. The number of carbonyl (C=O) groups is 1. The van der Waals surface area contributed by atoms with Crippen molar-refractivity contribution in [1.29, 1.82) is 0 Å². The van der Waals surface area contributed by atoms with Crippen molar-refractivity contribution in [3.8, 4) is 16.9 Å². The molecule has 2 unspecified atom stereocenters. The van der Waals surface area contributed by atoms with E-state index < -0.39 is 59.7 Å². The number of pyridine rings is 1. The lowest BCUT2D eigenvalue weighted by Crippen LogP contribution is -2.42. The van der Waals surface area contributed by atoms with Crippen LogP contribution >= 0.6 is 0 Å². The molecule has 0 bridgehead atoms. The number of nitrogens with two attached hydrogens (primary N) is 1. The van der Waals surface area contributed by atoms with Crippen LogP contribution in [0.1, 0.15) is 16.1 Å². The molecule has 3 rings (SSSR count). The van der Waals surface area contributed by atoms with Crippen LogP contribution < -0.4 is 16.0 Å². The van der Waals surface area contributed by atoms with Crippen LogP contribution in [0.3, 0.4) is 0 Å². The minimum absolute atomic E-state index is 0.0307. The number of rotatable bonds is 9. The predicted octanol–water partition coefficient (Wildman–Crippen LogP) is 2.60. The van der Waals surface area contributed by atoms with Crippen LogP contribution in [0.4, 0.5) is 22.0 Å². The van der Waals surface area contributed by atoms with Gasteiger partial charge in [0.2, 0.25) is 0 Å². The van der Waals surface area contributed by atoms with E-state index in [0.29, 0.717) is 5.75 Å². The Morgan fingerprint density at radius 3 is 2.38 bits per heavy atom. The van der Waals surface area contributed by atoms with E-state index in [1.54, 1.807) is 4.98 Å². The molecule has 2 heterocycles. The molecule has 1 aromatic carbocycles. The van der Waals surface area contributed by atoms with E-state index >= 15 is 0 Å². The van der Waals surface area contributed by atoms with Crippen LogP contribution in [0.15, 0.2) is 35.1 Å². The van der Waals surface area contributed by atoms with Gasteiger partial charge in [-0.2, -0.15) is 13.2 Å². The third-order valence-electron chi connectivity index (χ3n) is 4.73. The third kappa shape index (κ3) is 6.74. The molecule has 34 heavy (non-hydrogen) atoms. The molecule has 2 aromatic rings. The van der Waals surface area contributed by atoms with Crippen molar-refractivity contribution in [2.45, 2.75) is 24.8 Å². The van der Waals surface area contributed by atoms with Crippen LogP contribution in [-0.4, -0.2) is 62.6 Å². The van der Waals surface area contributed by atoms with E-state index in [-0.39, 0.29) is 32.0 Å². The lowest BCUT2D eigenvalue weighted by Gasteiger charge is -2.30. The van der Waals surface area contributed by atoms with Crippen LogP contribution in [0.2, 0.25) is 0 Å². The Hall–Kier alpha value is -3.03. The summed E-state index contributed by atoms with van der Waals surface area (Å²) in [5.41, 5.74) is 1.55. The molecule has 1 saturated heterocycles. The van der Waals surface area contributed by atoms with Gasteiger partial charge in [0.25, 0.3) is 17.9 Å². The van der Waals surface area contributed by atoms with E-state index in [0.717, 1.165) is 6.07 Å². The Morgan fingerprint density at radius 2 is 1.79 bits per heavy atom. The summed E-state index contributed by atoms with van der Waals surface area (Å²) < 4.78 is 86.0. The van der Waals surface area contributed by atoms with E-state index in [9.17, 15) is 31.5 Å². The lowest BCUT2D eigenvalue weighted by atomic mass is 10.0. The molecular weight excluding hydrogens is 471 g/mol. The summed E-state index contributed by atoms with van der Waals surface area (Å²) in [6, 6.07) is 6.24. The Bertz CT molecular complexity index is 1040. The predicted molar refractivity (Wildman–Crippen MR) is 108 cm³/mol. The molecule has 0 spiro atoms. The van der Waals surface area contributed by atoms with Gasteiger partial charge in [-0.3, -0.25) is 9.59 Å². The highest BCUT2D eigenvalue weighted by Gasteiger charge is 2.36. The number of aromatic nitrogens is 1. The second-order valence-electron chi connectivity index (χ2n) is 7.34. The van der Waals surface area contributed by atoms with E-state index in [1.165, 1.54) is 24.3 Å². The average Bonchev–Trinajstić information content (AvgIpc) is 2.77. The smallest absolute Gasteiger partial charge is 0.431 e. The minimum atomic E-state index is -4.88. The number of amides is 1. The summed E-state index contributed by atoms with van der Waals surface area (Å²) >= 11 is 0. The topological polar surface area (TPSA) is 113 Å². The first-order chi connectivity index (χ1) is 16.0. The van der Waals surface area contributed by atoms with Crippen LogP contribution in [0, 0.1) is 0 Å². The SMILES string of the molecule is NC(=O)c1cc(-c2ccc(OCC3COCC(COCC(F)F)O3)cc2)c(C(F)(F)F)[nH]c1=O. The van der Waals surface area contributed by atoms with Gasteiger partial charge < -0.3 is 29.7 Å². The second-order valence-corrected chi connectivity index (χ2v) is 7.34. The van der Waals surface area contributed by atoms with Gasteiger partial charge in [0.15, 0.2) is 0 Å². The molecule has 186 valence electrons. The van der Waals surface area contributed by atoms with Crippen molar-refractivity contribution in [3.63, 3.8) is 0 Å². The maximum absolute atomic E-state index is 13.4. The Kier molecular flexibility index (Phi) is 8.23. The molecule has 1 fully saturated rings. The highest BCUT2D eigenvalue weighted by molar-refractivity contribution is 5.94. The normalized spacial score (nSPS) is 18.8. The molecule has 13 heteroatoms. The molecule has 1 aromatic heterocycles. The van der Waals surface area contributed by atoms with Gasteiger partial charge in [0.05, 0.1) is 19.8 Å². The summed E-state index contributed by atoms with van der Waals surface area (Å²) in [4.78, 5) is 24.9. The monoisotopic (exact) mass is 492 g/mol. The molecule has 8 nitrogen and oxygen atoms in total. The first-order valence-electron chi connectivity index (χ1n) is 10.0. The maximum atomic E-state index is 13.4. The lowest BCUT2D eigenvalue weighted by molar-refractivity contribution is -0.168. The van der Waals surface area contributed by atoms with Crippen molar-refractivity contribution < 1.29 is 45.7 Å². The van der Waals surface area contributed by atoms with Crippen molar-refractivity contribution in [1.82, 2.24) is 4.98 Å². The molecular formula is C21H21F5N2O6. The number of H-pyrrole nitrogens is 1. The molecule has 3 N–H and O–H groups in total. The number of benzene rings is 1. The van der Waals surface area contributed by atoms with E-state index in [4.69, 9.17) is 24.7 Å². The van der Waals surface area contributed by atoms with Gasteiger partial charge in [-0.05, 0) is 23.8 Å². The van der Waals surface area contributed by atoms with Crippen molar-refractivity contribution in [2.24, 2.45) is 5.73 Å². The zero-order valence-electron chi connectivity index (χ0n) is 17.6. The van der Waals surface area contributed by atoms with Gasteiger partial charge in [0.1, 0.15) is 42.4 Å². The maximum Gasteiger partial charge on any atom is 0.431 e. The van der Waals surface area contributed by atoms with E-state index in [1.807, 2.05) is 0 Å². The van der Waals surface area contributed by atoms with Gasteiger partial charge in [-0.1, -0.05) is 12.1 Å². The Morgan fingerprint density at radius 1 is 1.15 bits per heavy atom. The van der Waals surface area contributed by atoms with Crippen LogP contribution in [-0.2, 0) is 20.4 Å². The number of ether oxygens (including phenoxy) is 4. The van der Waals surface area contributed by atoms with Gasteiger partial charge in [-0.25, -0.2) is 8.78 Å². The fraction of sp³-hybridized carbons (Fsp3) is 0.429. The van der Waals surface area contributed by atoms with Crippen molar-refractivity contribution >= 4 is 5.91 Å². The highest BCUT2D eigenvalue weighted by atomic mass is 19.4. The van der Waals surface area contributed by atoms with E-state index in [2.05, 4.69) is 0 Å². The number of hydrogen-bond acceptors (Lipinski definition) is 6. The fourth-order valence-corrected chi connectivity index (χ4v) is 3.23. The molecule has 0 aliphatic carbocycles. The standard InChI is InChI=1S/C21H21F5N2O6/c22-17(23)10-32-7-13-6-31-8-14(34-13)9-33-12-3-1-11(2-4-12)15-5-16(19(27)29)20(30)28-18(15)21(24,25)26/h1-5,13-14,17H,6-10H2,(H2,27,29)(H,28,30). The molecule has 0 saturated carbocycles. The third-order valence-corrected chi connectivity index (χ3v) is 4.73. The quantitative estimate of drug-likeness (QED) is 0.521. The zero-order valence-corrected chi connectivity index (χ0v) is 17.6. The Balaban J connectivity index is 1.67. The number of halogens is 5. The summed E-state index contributed by atoms with van der Waals surface area (Å²) in [6.07, 6.45) is -8.52. The molecule has 1 aliphatic rings. The van der Waals surface area contributed by atoms with Crippen molar-refractivity contribution in [2.75, 3.05) is 33.0 Å². The van der Waals surface area contributed by atoms with Gasteiger partial charge in [0, 0.05) is 5.56 Å². The Labute approximate surface area is 189 Å². The summed E-state index contributed by atoms with van der Waals surface area (Å²) in [7, 11) is 0. The highest BCUT2D eigenvalue weighted by Crippen LogP contribution is 2.35. The first-order valence-corrected chi connectivity index (χ1v) is 10.0. The fourth-order valence-electron chi connectivity index (χ4n) is 3.23. The number of primary amides is 1. The minimum Gasteiger partial charge on any atom is -0.491 e. The van der Waals surface area contributed by atoms with Crippen LogP contribution in [0.5, 0.6) is 5.75 Å². The van der Waals surface area contributed by atoms with Gasteiger partial charge in [-0.15, -0.1) is 0 Å². The van der Waals surface area contributed by atoms with Gasteiger partial charge >= 0.3 is 6.18 Å². The second kappa shape index (κ2) is 10.9. The number of nitrogens with one attached hydrogen (secondary N) is 1. The molecule has 0 radical (unpaired) electrons. The van der Waals surface area contributed by atoms with Crippen LogP contribution in [0.25, 0.3) is 11.1 Å². The summed E-state index contributed by atoms with van der Waals surface area (Å²) in [5.74, 6) is -0.861. The summed E-state index contributed by atoms with van der Waals surface area (Å²) in [6.45, 7) is -0.361. The molecule has 1 amide bonds.